The monoisotopic (exact) mass is 239 g/mol. The van der Waals surface area contributed by atoms with E-state index >= 15 is 0 Å². The largest absolute Gasteiger partial charge is 0.395 e. The smallest absolute Gasteiger partial charge is 0.123 e. The molecule has 1 aromatic rings. The van der Waals surface area contributed by atoms with E-state index in [1.54, 1.807) is 12.1 Å². The van der Waals surface area contributed by atoms with Crippen LogP contribution in [0.15, 0.2) is 24.3 Å². The summed E-state index contributed by atoms with van der Waals surface area (Å²) in [7, 11) is 0. The highest BCUT2D eigenvalue weighted by molar-refractivity contribution is 5.22. The Hall–Kier alpha value is -0.970. The maximum Gasteiger partial charge on any atom is 0.123 e. The Kier molecular flexibility index (Phi) is 4.10. The molecule has 0 spiro atoms. The molecular weight excluding hydrogens is 221 g/mol. The Morgan fingerprint density at radius 1 is 1.18 bits per heavy atom. The van der Waals surface area contributed by atoms with Crippen LogP contribution < -0.4 is 5.32 Å². The number of nitrogens with one attached hydrogen (secondary N) is 1. The first-order valence-corrected chi connectivity index (χ1v) is 5.98. The van der Waals surface area contributed by atoms with Crippen LogP contribution in [0.4, 0.5) is 4.39 Å². The van der Waals surface area contributed by atoms with Crippen molar-refractivity contribution in [3.63, 3.8) is 0 Å². The van der Waals surface area contributed by atoms with E-state index in [2.05, 4.69) is 5.32 Å². The SMILES string of the molecule is OCC(CO)NC(c1ccc(F)cc1)C1CC1. The highest BCUT2D eigenvalue weighted by atomic mass is 19.1. The van der Waals surface area contributed by atoms with Crippen molar-refractivity contribution in [2.24, 2.45) is 5.92 Å². The summed E-state index contributed by atoms with van der Waals surface area (Å²) in [5.41, 5.74) is 1.01. The Morgan fingerprint density at radius 3 is 2.24 bits per heavy atom. The maximum absolute atomic E-state index is 12.9. The van der Waals surface area contributed by atoms with E-state index in [-0.39, 0.29) is 31.1 Å². The summed E-state index contributed by atoms with van der Waals surface area (Å²) < 4.78 is 12.9. The Balaban J connectivity index is 2.08. The number of benzene rings is 1. The average molecular weight is 239 g/mol. The fourth-order valence-electron chi connectivity index (χ4n) is 2.02. The average Bonchev–Trinajstić information content (AvgIpc) is 3.17. The standard InChI is InChI=1S/C13H18FNO2/c14-11-5-3-10(4-6-11)13(9-1-2-9)15-12(7-16)8-17/h3-6,9,12-13,15-17H,1-2,7-8H2. The lowest BCUT2D eigenvalue weighted by Gasteiger charge is -2.23. The van der Waals surface area contributed by atoms with E-state index in [0.29, 0.717) is 5.92 Å². The van der Waals surface area contributed by atoms with Crippen molar-refractivity contribution >= 4 is 0 Å². The molecule has 4 heteroatoms. The second kappa shape index (κ2) is 5.58. The molecule has 0 aromatic heterocycles. The summed E-state index contributed by atoms with van der Waals surface area (Å²) in [6.45, 7) is -0.193. The lowest BCUT2D eigenvalue weighted by Crippen LogP contribution is -2.39. The number of aliphatic hydroxyl groups is 2. The Bertz CT molecular complexity index is 347. The molecule has 0 amide bonds. The van der Waals surface area contributed by atoms with E-state index in [1.165, 1.54) is 12.1 Å². The molecule has 1 unspecified atom stereocenters. The number of hydrogen-bond acceptors (Lipinski definition) is 3. The van der Waals surface area contributed by atoms with Crippen LogP contribution in [0.2, 0.25) is 0 Å². The zero-order chi connectivity index (χ0) is 12.3. The highest BCUT2D eigenvalue weighted by Gasteiger charge is 2.33. The van der Waals surface area contributed by atoms with Crippen molar-refractivity contribution in [2.45, 2.75) is 24.9 Å². The molecule has 3 N–H and O–H groups in total. The van der Waals surface area contributed by atoms with Crippen LogP contribution in [0.25, 0.3) is 0 Å². The zero-order valence-corrected chi connectivity index (χ0v) is 9.64. The third-order valence-electron chi connectivity index (χ3n) is 3.18. The van der Waals surface area contributed by atoms with Crippen molar-refractivity contribution in [3.05, 3.63) is 35.6 Å². The van der Waals surface area contributed by atoms with Gasteiger partial charge < -0.3 is 15.5 Å². The summed E-state index contributed by atoms with van der Waals surface area (Å²) >= 11 is 0. The normalized spacial score (nSPS) is 17.4. The van der Waals surface area contributed by atoms with Gasteiger partial charge in [-0.15, -0.1) is 0 Å². The fraction of sp³-hybridized carbons (Fsp3) is 0.538. The first kappa shape index (κ1) is 12.5. The molecule has 3 nitrogen and oxygen atoms in total. The Labute approximate surface area is 100 Å². The van der Waals surface area contributed by atoms with Crippen molar-refractivity contribution in [1.29, 1.82) is 0 Å². The van der Waals surface area contributed by atoms with Gasteiger partial charge in [-0.1, -0.05) is 12.1 Å². The molecule has 0 bridgehead atoms. The molecule has 0 saturated heterocycles. The van der Waals surface area contributed by atoms with Crippen molar-refractivity contribution in [2.75, 3.05) is 13.2 Å². The highest BCUT2D eigenvalue weighted by Crippen LogP contribution is 2.41. The minimum Gasteiger partial charge on any atom is -0.395 e. The van der Waals surface area contributed by atoms with Crippen LogP contribution in [0.3, 0.4) is 0 Å². The maximum atomic E-state index is 12.9. The molecule has 94 valence electrons. The van der Waals surface area contributed by atoms with E-state index in [9.17, 15) is 4.39 Å². The third kappa shape index (κ3) is 3.25. The lowest BCUT2D eigenvalue weighted by atomic mass is 10.0. The fourth-order valence-corrected chi connectivity index (χ4v) is 2.02. The molecule has 2 rings (SSSR count). The van der Waals surface area contributed by atoms with E-state index in [4.69, 9.17) is 10.2 Å². The van der Waals surface area contributed by atoms with Gasteiger partial charge in [0.15, 0.2) is 0 Å². The second-order valence-electron chi connectivity index (χ2n) is 4.60. The number of aliphatic hydroxyl groups excluding tert-OH is 2. The number of hydrogen-bond donors (Lipinski definition) is 3. The summed E-state index contributed by atoms with van der Waals surface area (Å²) in [6, 6.07) is 6.19. The van der Waals surface area contributed by atoms with Crippen LogP contribution in [-0.2, 0) is 0 Å². The lowest BCUT2D eigenvalue weighted by molar-refractivity contribution is 0.158. The molecule has 0 radical (unpaired) electrons. The van der Waals surface area contributed by atoms with Gasteiger partial charge in [0.1, 0.15) is 5.82 Å². The van der Waals surface area contributed by atoms with Crippen LogP contribution in [0, 0.1) is 11.7 Å². The van der Waals surface area contributed by atoms with Gasteiger partial charge >= 0.3 is 0 Å². The second-order valence-corrected chi connectivity index (χ2v) is 4.60. The first-order valence-electron chi connectivity index (χ1n) is 5.98. The molecule has 1 fully saturated rings. The molecule has 0 heterocycles. The van der Waals surface area contributed by atoms with Gasteiger partial charge in [-0.2, -0.15) is 0 Å². The van der Waals surface area contributed by atoms with Gasteiger partial charge in [0.05, 0.1) is 19.3 Å². The predicted molar refractivity (Wildman–Crippen MR) is 63.0 cm³/mol. The zero-order valence-electron chi connectivity index (χ0n) is 9.64. The van der Waals surface area contributed by atoms with Crippen LogP contribution in [0.5, 0.6) is 0 Å². The molecule has 1 atom stereocenters. The molecule has 0 aliphatic heterocycles. The van der Waals surface area contributed by atoms with Gasteiger partial charge in [-0.25, -0.2) is 4.39 Å². The van der Waals surface area contributed by atoms with Gasteiger partial charge in [-0.3, -0.25) is 0 Å². The van der Waals surface area contributed by atoms with E-state index in [1.807, 2.05) is 0 Å². The summed E-state index contributed by atoms with van der Waals surface area (Å²) in [6.07, 6.45) is 2.28. The predicted octanol–water partition coefficient (Wildman–Crippen LogP) is 1.22. The van der Waals surface area contributed by atoms with Crippen LogP contribution in [0.1, 0.15) is 24.4 Å². The molecular formula is C13H18FNO2. The van der Waals surface area contributed by atoms with Crippen molar-refractivity contribution in [1.82, 2.24) is 5.32 Å². The molecule has 1 aromatic carbocycles. The van der Waals surface area contributed by atoms with Gasteiger partial charge in [0.2, 0.25) is 0 Å². The molecule has 1 aliphatic carbocycles. The summed E-state index contributed by atoms with van der Waals surface area (Å²) in [5.74, 6) is 0.283. The number of rotatable bonds is 6. The topological polar surface area (TPSA) is 52.5 Å². The minimum absolute atomic E-state index is 0.0963. The minimum atomic E-state index is -0.314. The van der Waals surface area contributed by atoms with Gasteiger partial charge in [0, 0.05) is 6.04 Å². The van der Waals surface area contributed by atoms with Gasteiger partial charge in [0.25, 0.3) is 0 Å². The molecule has 1 aliphatic rings. The Morgan fingerprint density at radius 2 is 1.76 bits per heavy atom. The molecule has 17 heavy (non-hydrogen) atoms. The summed E-state index contributed by atoms with van der Waals surface area (Å²) in [5, 5.41) is 21.4. The van der Waals surface area contributed by atoms with Crippen molar-refractivity contribution < 1.29 is 14.6 Å². The van der Waals surface area contributed by atoms with E-state index < -0.39 is 0 Å². The summed E-state index contributed by atoms with van der Waals surface area (Å²) in [4.78, 5) is 0. The first-order chi connectivity index (χ1) is 8.24. The molecule has 1 saturated carbocycles. The quantitative estimate of drug-likeness (QED) is 0.699. The van der Waals surface area contributed by atoms with Crippen molar-refractivity contribution in [3.8, 4) is 0 Å². The van der Waals surface area contributed by atoms with Crippen LogP contribution in [-0.4, -0.2) is 29.5 Å². The number of halogens is 1. The van der Waals surface area contributed by atoms with Gasteiger partial charge in [-0.05, 0) is 36.5 Å². The third-order valence-corrected chi connectivity index (χ3v) is 3.18. The van der Waals surface area contributed by atoms with Crippen LogP contribution >= 0.6 is 0 Å². The van der Waals surface area contributed by atoms with E-state index in [0.717, 1.165) is 18.4 Å².